The third kappa shape index (κ3) is 8.54. The van der Waals surface area contributed by atoms with Crippen LogP contribution in [0.15, 0.2) is 91.0 Å². The summed E-state index contributed by atoms with van der Waals surface area (Å²) < 4.78 is 31.6. The normalized spacial score (nSPS) is 22.1. The maximum absolute atomic E-state index is 6.47. The molecule has 0 bridgehead atoms. The summed E-state index contributed by atoms with van der Waals surface area (Å²) in [7, 11) is 0. The molecule has 1 aliphatic rings. The number of hydrogen-bond donors (Lipinski definition) is 0. The van der Waals surface area contributed by atoms with E-state index in [2.05, 4.69) is 50.2 Å². The second-order valence-electron chi connectivity index (χ2n) is 9.66. The molecule has 4 atom stereocenters. The molecule has 1 aliphatic heterocycles. The van der Waals surface area contributed by atoms with E-state index in [4.69, 9.17) is 23.7 Å². The molecule has 1 saturated heterocycles. The highest BCUT2D eigenvalue weighted by molar-refractivity contribution is 5.15. The fraction of sp³-hybridized carbons (Fsp3) is 0.419. The van der Waals surface area contributed by atoms with Crippen molar-refractivity contribution in [1.82, 2.24) is 0 Å². The third-order valence-electron chi connectivity index (χ3n) is 6.09. The van der Waals surface area contributed by atoms with Crippen molar-refractivity contribution in [1.29, 1.82) is 0 Å². The fourth-order valence-electron chi connectivity index (χ4n) is 4.22. The molecule has 192 valence electrons. The zero-order valence-corrected chi connectivity index (χ0v) is 21.3. The number of hydrogen-bond acceptors (Lipinski definition) is 5. The first-order valence-corrected chi connectivity index (χ1v) is 12.9. The van der Waals surface area contributed by atoms with Crippen LogP contribution in [0.2, 0.25) is 0 Å². The quantitative estimate of drug-likeness (QED) is 0.287. The van der Waals surface area contributed by atoms with Gasteiger partial charge in [0.05, 0.1) is 39.1 Å². The van der Waals surface area contributed by atoms with E-state index in [1.807, 2.05) is 54.6 Å². The summed E-state index contributed by atoms with van der Waals surface area (Å²) in [6.45, 7) is 6.79. The molecular formula is C31H38O5. The van der Waals surface area contributed by atoms with Gasteiger partial charge in [0.25, 0.3) is 0 Å². The summed E-state index contributed by atoms with van der Waals surface area (Å²) >= 11 is 0. The SMILES string of the molecule is CC(C)CO[C@@H]1C[C@@H](OCc2ccccc2)[C@H](OCc2ccccc2)[C@@H](COCc2ccccc2)O1. The summed E-state index contributed by atoms with van der Waals surface area (Å²) in [6, 6.07) is 30.6. The van der Waals surface area contributed by atoms with Crippen molar-refractivity contribution in [3.05, 3.63) is 108 Å². The zero-order valence-electron chi connectivity index (χ0n) is 21.3. The van der Waals surface area contributed by atoms with Crippen LogP contribution < -0.4 is 0 Å². The summed E-state index contributed by atoms with van der Waals surface area (Å²) in [4.78, 5) is 0. The summed E-state index contributed by atoms with van der Waals surface area (Å²) in [5.41, 5.74) is 3.36. The molecule has 36 heavy (non-hydrogen) atoms. The second kappa shape index (κ2) is 14.3. The molecule has 5 nitrogen and oxygen atoms in total. The predicted octanol–water partition coefficient (Wildman–Crippen LogP) is 6.16. The molecule has 0 aliphatic carbocycles. The average Bonchev–Trinajstić information content (AvgIpc) is 2.92. The Morgan fingerprint density at radius 1 is 0.694 bits per heavy atom. The standard InChI is InChI=1S/C31H38O5/c1-24(2)19-34-30-18-28(33-21-26-14-8-4-9-15-26)31(35-22-27-16-10-5-11-17-27)29(36-30)23-32-20-25-12-6-3-7-13-25/h3-17,24,28-31H,18-23H2,1-2H3/t28-,29-,30+,31+/m1/s1. The minimum Gasteiger partial charge on any atom is -0.374 e. The highest BCUT2D eigenvalue weighted by Gasteiger charge is 2.41. The molecule has 0 unspecified atom stereocenters. The zero-order chi connectivity index (χ0) is 25.0. The Balaban J connectivity index is 1.47. The van der Waals surface area contributed by atoms with Crippen LogP contribution in [0.25, 0.3) is 0 Å². The van der Waals surface area contributed by atoms with Gasteiger partial charge in [-0.25, -0.2) is 0 Å². The molecule has 1 fully saturated rings. The Kier molecular flexibility index (Phi) is 10.5. The maximum Gasteiger partial charge on any atom is 0.160 e. The van der Waals surface area contributed by atoms with Gasteiger partial charge in [-0.15, -0.1) is 0 Å². The van der Waals surface area contributed by atoms with E-state index in [1.54, 1.807) is 0 Å². The van der Waals surface area contributed by atoms with Gasteiger partial charge in [-0.3, -0.25) is 0 Å². The van der Waals surface area contributed by atoms with Crippen molar-refractivity contribution in [3.63, 3.8) is 0 Å². The smallest absolute Gasteiger partial charge is 0.160 e. The maximum atomic E-state index is 6.47. The number of rotatable bonds is 13. The lowest BCUT2D eigenvalue weighted by atomic mass is 10.0. The van der Waals surface area contributed by atoms with Crippen molar-refractivity contribution in [3.8, 4) is 0 Å². The van der Waals surface area contributed by atoms with Gasteiger partial charge in [-0.1, -0.05) is 105 Å². The van der Waals surface area contributed by atoms with Crippen LogP contribution in [0.1, 0.15) is 37.0 Å². The Bertz CT molecular complexity index is 980. The lowest BCUT2D eigenvalue weighted by Gasteiger charge is -2.41. The van der Waals surface area contributed by atoms with Crippen LogP contribution in [-0.4, -0.2) is 37.8 Å². The van der Waals surface area contributed by atoms with Gasteiger partial charge in [0.2, 0.25) is 0 Å². The van der Waals surface area contributed by atoms with Gasteiger partial charge in [-0.2, -0.15) is 0 Å². The first-order valence-electron chi connectivity index (χ1n) is 12.9. The van der Waals surface area contributed by atoms with E-state index in [9.17, 15) is 0 Å². The van der Waals surface area contributed by atoms with Gasteiger partial charge >= 0.3 is 0 Å². The predicted molar refractivity (Wildman–Crippen MR) is 140 cm³/mol. The largest absolute Gasteiger partial charge is 0.374 e. The van der Waals surface area contributed by atoms with Gasteiger partial charge < -0.3 is 23.7 Å². The highest BCUT2D eigenvalue weighted by Crippen LogP contribution is 2.29. The average molecular weight is 491 g/mol. The highest BCUT2D eigenvalue weighted by atomic mass is 16.7. The lowest BCUT2D eigenvalue weighted by molar-refractivity contribution is -0.280. The molecular weight excluding hydrogens is 452 g/mol. The van der Waals surface area contributed by atoms with Crippen LogP contribution in [0.3, 0.4) is 0 Å². The van der Waals surface area contributed by atoms with Gasteiger partial charge in [0.1, 0.15) is 12.2 Å². The van der Waals surface area contributed by atoms with E-state index in [0.717, 1.165) is 16.7 Å². The molecule has 0 N–H and O–H groups in total. The van der Waals surface area contributed by atoms with Crippen LogP contribution >= 0.6 is 0 Å². The summed E-state index contributed by atoms with van der Waals surface area (Å²) in [5.74, 6) is 0.414. The molecule has 0 aromatic heterocycles. The van der Waals surface area contributed by atoms with E-state index < -0.39 is 0 Å². The molecule has 3 aromatic rings. The Morgan fingerprint density at radius 3 is 1.78 bits per heavy atom. The molecule has 3 aromatic carbocycles. The van der Waals surface area contributed by atoms with Crippen LogP contribution in [0.4, 0.5) is 0 Å². The molecule has 0 amide bonds. The van der Waals surface area contributed by atoms with Crippen LogP contribution in [0, 0.1) is 5.92 Å². The number of benzene rings is 3. The van der Waals surface area contributed by atoms with Crippen LogP contribution in [0.5, 0.6) is 0 Å². The first kappa shape index (κ1) is 26.5. The second-order valence-corrected chi connectivity index (χ2v) is 9.66. The van der Waals surface area contributed by atoms with Gasteiger partial charge in [-0.05, 0) is 22.6 Å². The Morgan fingerprint density at radius 2 is 1.22 bits per heavy atom. The topological polar surface area (TPSA) is 46.2 Å². The summed E-state index contributed by atoms with van der Waals surface area (Å²) in [5, 5.41) is 0. The molecule has 0 spiro atoms. The Hall–Kier alpha value is -2.54. The monoisotopic (exact) mass is 490 g/mol. The Labute approximate surface area is 215 Å². The fourth-order valence-corrected chi connectivity index (χ4v) is 4.22. The van der Waals surface area contributed by atoms with E-state index in [-0.39, 0.29) is 24.6 Å². The minimum atomic E-state index is -0.366. The third-order valence-corrected chi connectivity index (χ3v) is 6.09. The van der Waals surface area contributed by atoms with E-state index in [0.29, 0.717) is 45.4 Å². The van der Waals surface area contributed by atoms with Crippen molar-refractivity contribution < 1.29 is 23.7 Å². The van der Waals surface area contributed by atoms with Crippen molar-refractivity contribution in [2.75, 3.05) is 13.2 Å². The van der Waals surface area contributed by atoms with Gasteiger partial charge in [0, 0.05) is 6.42 Å². The van der Waals surface area contributed by atoms with Gasteiger partial charge in [0.15, 0.2) is 6.29 Å². The molecule has 0 saturated carbocycles. The van der Waals surface area contributed by atoms with E-state index >= 15 is 0 Å². The van der Waals surface area contributed by atoms with E-state index in [1.165, 1.54) is 0 Å². The molecule has 5 heteroatoms. The lowest BCUT2D eigenvalue weighted by Crippen LogP contribution is -2.53. The molecule has 4 rings (SSSR count). The first-order chi connectivity index (χ1) is 17.7. The summed E-state index contributed by atoms with van der Waals surface area (Å²) in [6.07, 6.45) is -0.554. The molecule has 1 heterocycles. The van der Waals surface area contributed by atoms with Crippen LogP contribution in [-0.2, 0) is 43.5 Å². The molecule has 0 radical (unpaired) electrons. The van der Waals surface area contributed by atoms with Crippen molar-refractivity contribution in [2.24, 2.45) is 5.92 Å². The minimum absolute atomic E-state index is 0.190. The van der Waals surface area contributed by atoms with Crippen molar-refractivity contribution >= 4 is 0 Å². The van der Waals surface area contributed by atoms with Crippen molar-refractivity contribution in [2.45, 2.75) is 64.7 Å². The number of ether oxygens (including phenoxy) is 5.